The molecule has 0 saturated heterocycles. The van der Waals surface area contributed by atoms with Crippen LogP contribution in [0.15, 0.2) is 54.2 Å². The molecule has 1 aliphatic rings. The van der Waals surface area contributed by atoms with Gasteiger partial charge in [0.15, 0.2) is 0 Å². The third-order valence-electron chi connectivity index (χ3n) is 5.13. The van der Waals surface area contributed by atoms with E-state index in [9.17, 15) is 13.2 Å². The summed E-state index contributed by atoms with van der Waals surface area (Å²) >= 11 is 0. The van der Waals surface area contributed by atoms with Gasteiger partial charge in [-0.15, -0.1) is 0 Å². The molecule has 0 radical (unpaired) electrons. The molecule has 1 aromatic carbocycles. The number of halogens is 3. The van der Waals surface area contributed by atoms with E-state index in [1.54, 1.807) is 6.07 Å². The Morgan fingerprint density at radius 3 is 2.50 bits per heavy atom. The quantitative estimate of drug-likeness (QED) is 0.595. The molecule has 0 spiro atoms. The summed E-state index contributed by atoms with van der Waals surface area (Å²) in [6.45, 7) is 8.67. The van der Waals surface area contributed by atoms with Gasteiger partial charge in [0, 0.05) is 29.5 Å². The average Bonchev–Trinajstić information content (AvgIpc) is 2.62. The molecule has 2 nitrogen and oxygen atoms in total. The molecule has 2 heterocycles. The van der Waals surface area contributed by atoms with E-state index in [0.717, 1.165) is 35.6 Å². The number of rotatable bonds is 4. The molecule has 0 unspecified atom stereocenters. The van der Waals surface area contributed by atoms with E-state index >= 15 is 0 Å². The van der Waals surface area contributed by atoms with E-state index in [2.05, 4.69) is 11.9 Å². The number of allylic oxidation sites excluding steroid dienone is 2. The predicted molar refractivity (Wildman–Crippen MR) is 108 cm³/mol. The van der Waals surface area contributed by atoms with Crippen LogP contribution in [0.3, 0.4) is 0 Å². The van der Waals surface area contributed by atoms with Crippen LogP contribution >= 0.6 is 0 Å². The smallest absolute Gasteiger partial charge is 0.347 e. The highest BCUT2D eigenvalue weighted by molar-refractivity contribution is 5.68. The fraction of sp³-hybridized carbons (Fsp3) is 0.348. The Labute approximate surface area is 164 Å². The maximum atomic E-state index is 13.3. The van der Waals surface area contributed by atoms with Crippen molar-refractivity contribution in [2.75, 3.05) is 11.4 Å². The van der Waals surface area contributed by atoms with E-state index in [4.69, 9.17) is 0 Å². The number of aromatic nitrogens is 1. The molecular weight excluding hydrogens is 361 g/mol. The first-order chi connectivity index (χ1) is 13.1. The van der Waals surface area contributed by atoms with Crippen molar-refractivity contribution in [3.8, 4) is 0 Å². The lowest BCUT2D eigenvalue weighted by molar-refractivity contribution is -0.137. The largest absolute Gasteiger partial charge is 0.416 e. The number of nitrogens with zero attached hydrogens (tertiary/aromatic N) is 2. The lowest BCUT2D eigenvalue weighted by Crippen LogP contribution is -2.32. The highest BCUT2D eigenvalue weighted by Crippen LogP contribution is 2.45. The summed E-state index contributed by atoms with van der Waals surface area (Å²) in [5.74, 6) is 0. The van der Waals surface area contributed by atoms with Crippen LogP contribution in [0.2, 0.25) is 0 Å². The lowest BCUT2D eigenvalue weighted by atomic mass is 9.74. The fourth-order valence-corrected chi connectivity index (χ4v) is 3.53. The van der Waals surface area contributed by atoms with Crippen molar-refractivity contribution in [3.63, 3.8) is 0 Å². The molecule has 0 N–H and O–H groups in total. The van der Waals surface area contributed by atoms with Gasteiger partial charge >= 0.3 is 6.18 Å². The number of hydrogen-bond donors (Lipinski definition) is 0. The van der Waals surface area contributed by atoms with Gasteiger partial charge < -0.3 is 4.90 Å². The Hall–Kier alpha value is -2.56. The Bertz CT molecular complexity index is 924. The number of benzene rings is 1. The molecule has 5 heteroatoms. The highest BCUT2D eigenvalue weighted by atomic mass is 19.4. The minimum atomic E-state index is -4.36. The fourth-order valence-electron chi connectivity index (χ4n) is 3.53. The summed E-state index contributed by atoms with van der Waals surface area (Å²) < 4.78 is 39.9. The zero-order chi connectivity index (χ0) is 20.5. The number of pyridine rings is 1. The number of alkyl halides is 3. The molecule has 0 saturated carbocycles. The Kier molecular flexibility index (Phi) is 5.37. The molecule has 3 rings (SSSR count). The van der Waals surface area contributed by atoms with Gasteiger partial charge in [-0.25, -0.2) is 0 Å². The number of aryl methyl sites for hydroxylation is 1. The number of fused-ring (bicyclic) bond motifs is 1. The van der Waals surface area contributed by atoms with Crippen LogP contribution in [-0.2, 0) is 11.6 Å². The van der Waals surface area contributed by atoms with E-state index < -0.39 is 17.2 Å². The van der Waals surface area contributed by atoms with Gasteiger partial charge in [0.2, 0.25) is 0 Å². The summed E-state index contributed by atoms with van der Waals surface area (Å²) in [5.41, 5.74) is 3.07. The molecule has 2 aromatic rings. The van der Waals surface area contributed by atoms with Crippen LogP contribution in [0.1, 0.15) is 49.7 Å². The Balaban J connectivity index is 2.07. The first kappa shape index (κ1) is 20.2. The zero-order valence-corrected chi connectivity index (χ0v) is 16.6. The van der Waals surface area contributed by atoms with Gasteiger partial charge in [-0.05, 0) is 60.9 Å². The molecule has 1 aliphatic heterocycles. The summed E-state index contributed by atoms with van der Waals surface area (Å²) in [4.78, 5) is 6.52. The first-order valence-electron chi connectivity index (χ1n) is 9.45. The maximum absolute atomic E-state index is 13.3. The van der Waals surface area contributed by atoms with Crippen molar-refractivity contribution in [1.82, 2.24) is 4.98 Å². The summed E-state index contributed by atoms with van der Waals surface area (Å²) in [6.07, 6.45) is 2.47. The first-order valence-corrected chi connectivity index (χ1v) is 9.45. The molecule has 0 amide bonds. The third kappa shape index (κ3) is 3.98. The Morgan fingerprint density at radius 1 is 1.11 bits per heavy atom. The molecular formula is C23H25F3N2. The lowest BCUT2D eigenvalue weighted by Gasteiger charge is -2.39. The minimum Gasteiger partial charge on any atom is -0.347 e. The van der Waals surface area contributed by atoms with Crippen LogP contribution in [0, 0.1) is 6.92 Å². The van der Waals surface area contributed by atoms with Crippen LogP contribution in [0.5, 0.6) is 0 Å². The summed E-state index contributed by atoms with van der Waals surface area (Å²) in [5, 5.41) is 0. The summed E-state index contributed by atoms with van der Waals surface area (Å²) in [7, 11) is 0. The van der Waals surface area contributed by atoms with Gasteiger partial charge in [0.25, 0.3) is 0 Å². The molecule has 1 aromatic heterocycles. The molecule has 0 fully saturated rings. The molecule has 28 heavy (non-hydrogen) atoms. The van der Waals surface area contributed by atoms with Gasteiger partial charge in [-0.2, -0.15) is 13.2 Å². The van der Waals surface area contributed by atoms with Crippen molar-refractivity contribution in [3.05, 3.63) is 76.8 Å². The molecule has 0 atom stereocenters. The van der Waals surface area contributed by atoms with Crippen molar-refractivity contribution < 1.29 is 13.2 Å². The number of anilines is 1. The molecule has 0 aliphatic carbocycles. The van der Waals surface area contributed by atoms with Gasteiger partial charge in [-0.3, -0.25) is 4.98 Å². The maximum Gasteiger partial charge on any atom is 0.416 e. The van der Waals surface area contributed by atoms with E-state index in [1.807, 2.05) is 62.2 Å². The monoisotopic (exact) mass is 386 g/mol. The van der Waals surface area contributed by atoms with Gasteiger partial charge in [-0.1, -0.05) is 32.9 Å². The SMILES string of the molecule is CCCN1C=C(C=Cc2cccc(C)n2)C(C)(C)c2cc(C(F)(F)F)ccc21. The molecule has 0 bridgehead atoms. The normalized spacial score (nSPS) is 16.2. The van der Waals surface area contributed by atoms with Crippen molar-refractivity contribution in [1.29, 1.82) is 0 Å². The topological polar surface area (TPSA) is 16.1 Å². The van der Waals surface area contributed by atoms with E-state index in [-0.39, 0.29) is 0 Å². The standard InChI is InChI=1S/C23H25F3N2/c1-5-13-28-15-18(9-11-19-8-6-7-16(2)27-19)22(3,4)20-14-17(23(24,25)26)10-12-21(20)28/h6-12,14-15H,5,13H2,1-4H3. The van der Waals surface area contributed by atoms with Crippen LogP contribution in [0.25, 0.3) is 6.08 Å². The van der Waals surface area contributed by atoms with Crippen LogP contribution < -0.4 is 4.90 Å². The average molecular weight is 386 g/mol. The highest BCUT2D eigenvalue weighted by Gasteiger charge is 2.37. The minimum absolute atomic E-state index is 0.554. The van der Waals surface area contributed by atoms with Crippen LogP contribution in [0.4, 0.5) is 18.9 Å². The van der Waals surface area contributed by atoms with Crippen LogP contribution in [-0.4, -0.2) is 11.5 Å². The third-order valence-corrected chi connectivity index (χ3v) is 5.13. The van der Waals surface area contributed by atoms with E-state index in [1.165, 1.54) is 12.1 Å². The van der Waals surface area contributed by atoms with E-state index in [0.29, 0.717) is 5.56 Å². The zero-order valence-electron chi connectivity index (χ0n) is 16.6. The van der Waals surface area contributed by atoms with Crippen molar-refractivity contribution >= 4 is 11.8 Å². The predicted octanol–water partition coefficient (Wildman–Crippen LogP) is 6.51. The van der Waals surface area contributed by atoms with Gasteiger partial charge in [0.1, 0.15) is 0 Å². The van der Waals surface area contributed by atoms with Gasteiger partial charge in [0.05, 0.1) is 11.3 Å². The second-order valence-electron chi connectivity index (χ2n) is 7.67. The second-order valence-corrected chi connectivity index (χ2v) is 7.67. The Morgan fingerprint density at radius 2 is 1.86 bits per heavy atom. The van der Waals surface area contributed by atoms with Crippen molar-refractivity contribution in [2.45, 2.75) is 45.7 Å². The van der Waals surface area contributed by atoms with Crippen molar-refractivity contribution in [2.24, 2.45) is 0 Å². The molecule has 148 valence electrons. The summed E-state index contributed by atoms with van der Waals surface area (Å²) in [6, 6.07) is 9.84. The number of hydrogen-bond acceptors (Lipinski definition) is 2. The second kappa shape index (κ2) is 7.46.